The summed E-state index contributed by atoms with van der Waals surface area (Å²) >= 11 is 0. The lowest BCUT2D eigenvalue weighted by atomic mass is 9.97. The molecule has 1 aliphatic carbocycles. The van der Waals surface area contributed by atoms with Crippen molar-refractivity contribution in [1.82, 2.24) is 0 Å². The summed E-state index contributed by atoms with van der Waals surface area (Å²) in [6, 6.07) is 0. The molecule has 0 radical (unpaired) electrons. The number of aliphatic hydroxyl groups excluding tert-OH is 1. The van der Waals surface area contributed by atoms with Crippen molar-refractivity contribution < 1.29 is 14.6 Å². The first kappa shape index (κ1) is 15.9. The molecule has 1 saturated carbocycles. The highest BCUT2D eigenvalue weighted by Crippen LogP contribution is 2.30. The number of nitrogens with two attached hydrogens (primary N) is 1. The highest BCUT2D eigenvalue weighted by atomic mass is 16.5. The van der Waals surface area contributed by atoms with Crippen LogP contribution in [0.25, 0.3) is 0 Å². The molecule has 4 nitrogen and oxygen atoms in total. The van der Waals surface area contributed by atoms with Gasteiger partial charge in [0.2, 0.25) is 0 Å². The van der Waals surface area contributed by atoms with Gasteiger partial charge in [-0.05, 0) is 37.6 Å². The van der Waals surface area contributed by atoms with Gasteiger partial charge in [-0.2, -0.15) is 0 Å². The van der Waals surface area contributed by atoms with Crippen LogP contribution in [-0.2, 0) is 9.47 Å². The van der Waals surface area contributed by atoms with Crippen molar-refractivity contribution in [3.05, 3.63) is 0 Å². The fourth-order valence-electron chi connectivity index (χ4n) is 2.51. The van der Waals surface area contributed by atoms with Gasteiger partial charge in [0, 0.05) is 13.2 Å². The molecular formula is C14H29NO3. The van der Waals surface area contributed by atoms with Crippen molar-refractivity contribution in [2.24, 2.45) is 17.6 Å². The zero-order valence-electron chi connectivity index (χ0n) is 11.6. The second-order valence-electron chi connectivity index (χ2n) is 5.31. The molecule has 0 saturated heterocycles. The van der Waals surface area contributed by atoms with E-state index in [2.05, 4.69) is 6.92 Å². The van der Waals surface area contributed by atoms with Crippen molar-refractivity contribution in [2.75, 3.05) is 33.0 Å². The third kappa shape index (κ3) is 6.14. The summed E-state index contributed by atoms with van der Waals surface area (Å²) in [4.78, 5) is 0. The van der Waals surface area contributed by atoms with Gasteiger partial charge in [-0.15, -0.1) is 0 Å². The number of aliphatic hydroxyl groups is 1. The van der Waals surface area contributed by atoms with E-state index in [0.717, 1.165) is 32.6 Å². The Labute approximate surface area is 111 Å². The van der Waals surface area contributed by atoms with Gasteiger partial charge in [-0.3, -0.25) is 0 Å². The molecule has 4 heteroatoms. The lowest BCUT2D eigenvalue weighted by molar-refractivity contribution is -0.0288. The Bertz CT molecular complexity index is 201. The predicted molar refractivity (Wildman–Crippen MR) is 72.4 cm³/mol. The van der Waals surface area contributed by atoms with E-state index >= 15 is 0 Å². The van der Waals surface area contributed by atoms with E-state index in [1.165, 1.54) is 19.3 Å². The topological polar surface area (TPSA) is 64.7 Å². The molecule has 0 bridgehead atoms. The average Bonchev–Trinajstić information content (AvgIpc) is 2.82. The minimum absolute atomic E-state index is 0.375. The molecule has 3 N–H and O–H groups in total. The van der Waals surface area contributed by atoms with Crippen LogP contribution in [0.15, 0.2) is 0 Å². The summed E-state index contributed by atoms with van der Waals surface area (Å²) < 4.78 is 10.9. The molecule has 1 rings (SSSR count). The molecule has 0 aromatic heterocycles. The van der Waals surface area contributed by atoms with Crippen molar-refractivity contribution in [3.63, 3.8) is 0 Å². The quantitative estimate of drug-likeness (QED) is 0.584. The van der Waals surface area contributed by atoms with Crippen LogP contribution in [-0.4, -0.2) is 44.2 Å². The normalized spacial score (nSPS) is 25.5. The fourth-order valence-corrected chi connectivity index (χ4v) is 2.51. The Hall–Kier alpha value is -0.160. The number of rotatable bonds is 10. The number of hydrogen-bond acceptors (Lipinski definition) is 4. The van der Waals surface area contributed by atoms with Crippen LogP contribution in [0.5, 0.6) is 0 Å². The number of ether oxygens (including phenoxy) is 2. The number of hydrogen-bond donors (Lipinski definition) is 2. The van der Waals surface area contributed by atoms with Crippen LogP contribution in [0.1, 0.15) is 39.0 Å². The maximum Gasteiger partial charge on any atom is 0.101 e. The molecule has 0 aromatic carbocycles. The summed E-state index contributed by atoms with van der Waals surface area (Å²) in [5, 5.41) is 9.67. The molecular weight excluding hydrogens is 230 g/mol. The largest absolute Gasteiger partial charge is 0.388 e. The Morgan fingerprint density at radius 3 is 2.67 bits per heavy atom. The molecule has 0 spiro atoms. The van der Waals surface area contributed by atoms with Gasteiger partial charge in [0.05, 0.1) is 13.2 Å². The van der Waals surface area contributed by atoms with E-state index in [4.69, 9.17) is 15.2 Å². The Morgan fingerprint density at radius 2 is 1.94 bits per heavy atom. The van der Waals surface area contributed by atoms with Crippen LogP contribution in [0.4, 0.5) is 0 Å². The van der Waals surface area contributed by atoms with Gasteiger partial charge in [0.15, 0.2) is 0 Å². The Morgan fingerprint density at radius 1 is 1.22 bits per heavy atom. The van der Waals surface area contributed by atoms with E-state index < -0.39 is 6.10 Å². The van der Waals surface area contributed by atoms with Crippen LogP contribution < -0.4 is 5.73 Å². The summed E-state index contributed by atoms with van der Waals surface area (Å²) in [6.45, 7) is 5.10. The van der Waals surface area contributed by atoms with E-state index in [0.29, 0.717) is 25.0 Å². The van der Waals surface area contributed by atoms with Crippen LogP contribution in [0, 0.1) is 11.8 Å². The molecule has 108 valence electrons. The first-order valence-electron chi connectivity index (χ1n) is 7.31. The maximum atomic E-state index is 9.67. The molecule has 0 aliphatic heterocycles. The average molecular weight is 259 g/mol. The highest BCUT2D eigenvalue weighted by molar-refractivity contribution is 4.77. The van der Waals surface area contributed by atoms with E-state index in [1.54, 1.807) is 0 Å². The first-order valence-corrected chi connectivity index (χ1v) is 7.31. The lowest BCUT2D eigenvalue weighted by Gasteiger charge is -2.19. The maximum absolute atomic E-state index is 9.67. The molecule has 3 unspecified atom stereocenters. The summed E-state index contributed by atoms with van der Waals surface area (Å²) in [7, 11) is 0. The molecule has 0 heterocycles. The van der Waals surface area contributed by atoms with E-state index in [1.807, 2.05) is 0 Å². The third-order valence-electron chi connectivity index (χ3n) is 3.71. The van der Waals surface area contributed by atoms with E-state index in [-0.39, 0.29) is 0 Å². The van der Waals surface area contributed by atoms with Crippen molar-refractivity contribution in [1.29, 1.82) is 0 Å². The van der Waals surface area contributed by atoms with Gasteiger partial charge in [0.1, 0.15) is 6.10 Å². The van der Waals surface area contributed by atoms with Gasteiger partial charge < -0.3 is 20.3 Å². The van der Waals surface area contributed by atoms with Gasteiger partial charge in [0.25, 0.3) is 0 Å². The van der Waals surface area contributed by atoms with Crippen molar-refractivity contribution in [3.8, 4) is 0 Å². The Kier molecular flexibility index (Phi) is 8.59. The lowest BCUT2D eigenvalue weighted by Crippen LogP contribution is -2.26. The van der Waals surface area contributed by atoms with E-state index in [9.17, 15) is 5.11 Å². The minimum Gasteiger partial charge on any atom is -0.388 e. The second-order valence-corrected chi connectivity index (χ2v) is 5.31. The molecule has 1 aliphatic rings. The standard InChI is InChI=1S/C14H29NO3/c1-2-3-7-17-10-14(16)11-18-9-13-6-4-5-12(13)8-15/h12-14,16H,2-11,15H2,1H3. The third-order valence-corrected chi connectivity index (χ3v) is 3.71. The molecule has 0 aromatic rings. The van der Waals surface area contributed by atoms with Crippen LogP contribution in [0.3, 0.4) is 0 Å². The summed E-state index contributed by atoms with van der Waals surface area (Å²) in [6.07, 6.45) is 5.37. The molecule has 1 fully saturated rings. The minimum atomic E-state index is -0.500. The van der Waals surface area contributed by atoms with Crippen molar-refractivity contribution in [2.45, 2.75) is 45.1 Å². The van der Waals surface area contributed by atoms with Gasteiger partial charge >= 0.3 is 0 Å². The second kappa shape index (κ2) is 9.73. The molecule has 18 heavy (non-hydrogen) atoms. The fraction of sp³-hybridized carbons (Fsp3) is 1.00. The Balaban J connectivity index is 1.99. The summed E-state index contributed by atoms with van der Waals surface area (Å²) in [5.41, 5.74) is 5.72. The zero-order chi connectivity index (χ0) is 13.2. The SMILES string of the molecule is CCCCOCC(O)COCC1CCCC1CN. The molecule has 0 amide bonds. The van der Waals surface area contributed by atoms with Crippen LogP contribution in [0.2, 0.25) is 0 Å². The highest BCUT2D eigenvalue weighted by Gasteiger charge is 2.26. The molecule has 3 atom stereocenters. The monoisotopic (exact) mass is 259 g/mol. The summed E-state index contributed by atoms with van der Waals surface area (Å²) in [5.74, 6) is 1.20. The smallest absolute Gasteiger partial charge is 0.101 e. The zero-order valence-corrected chi connectivity index (χ0v) is 11.6. The first-order chi connectivity index (χ1) is 8.77. The van der Waals surface area contributed by atoms with Gasteiger partial charge in [-0.25, -0.2) is 0 Å². The van der Waals surface area contributed by atoms with Gasteiger partial charge in [-0.1, -0.05) is 19.8 Å². The predicted octanol–water partition coefficient (Wildman–Crippen LogP) is 1.56. The van der Waals surface area contributed by atoms with Crippen molar-refractivity contribution >= 4 is 0 Å². The number of unbranched alkanes of at least 4 members (excludes halogenated alkanes) is 1. The van der Waals surface area contributed by atoms with Crippen LogP contribution >= 0.6 is 0 Å².